The van der Waals surface area contributed by atoms with Crippen LogP contribution in [0.2, 0.25) is 0 Å². The zero-order chi connectivity index (χ0) is 13.7. The summed E-state index contributed by atoms with van der Waals surface area (Å²) in [7, 11) is 0. The predicted octanol–water partition coefficient (Wildman–Crippen LogP) is 2.10. The van der Waals surface area contributed by atoms with Crippen molar-refractivity contribution < 1.29 is 19.4 Å². The summed E-state index contributed by atoms with van der Waals surface area (Å²) in [5, 5.41) is 9.95. The lowest BCUT2D eigenvalue weighted by molar-refractivity contribution is -0.152. The van der Waals surface area contributed by atoms with Gasteiger partial charge >= 0.3 is 5.97 Å². The third kappa shape index (κ3) is 3.42. The SMILES string of the molecule is CCOC(COc1ccc2cccnc2c1)C(=O)O. The third-order valence-electron chi connectivity index (χ3n) is 2.62. The first-order valence-corrected chi connectivity index (χ1v) is 6.02. The molecule has 1 aromatic heterocycles. The topological polar surface area (TPSA) is 68.7 Å². The highest BCUT2D eigenvalue weighted by Gasteiger charge is 2.18. The van der Waals surface area contributed by atoms with E-state index in [-0.39, 0.29) is 6.61 Å². The second kappa shape index (κ2) is 6.15. The number of hydrogen-bond donors (Lipinski definition) is 1. The van der Waals surface area contributed by atoms with Gasteiger partial charge < -0.3 is 14.6 Å². The van der Waals surface area contributed by atoms with E-state index in [9.17, 15) is 4.79 Å². The van der Waals surface area contributed by atoms with Gasteiger partial charge in [-0.15, -0.1) is 0 Å². The van der Waals surface area contributed by atoms with Gasteiger partial charge in [-0.1, -0.05) is 6.07 Å². The number of pyridine rings is 1. The normalized spacial score (nSPS) is 12.3. The monoisotopic (exact) mass is 261 g/mol. The maximum absolute atomic E-state index is 10.9. The Morgan fingerprint density at radius 1 is 1.42 bits per heavy atom. The van der Waals surface area contributed by atoms with Gasteiger partial charge in [0.1, 0.15) is 12.4 Å². The van der Waals surface area contributed by atoms with Crippen molar-refractivity contribution in [1.29, 1.82) is 0 Å². The molecule has 2 rings (SSSR count). The molecule has 0 aliphatic carbocycles. The van der Waals surface area contributed by atoms with Gasteiger partial charge in [-0.25, -0.2) is 4.79 Å². The van der Waals surface area contributed by atoms with E-state index in [1.807, 2.05) is 18.2 Å². The fourth-order valence-corrected chi connectivity index (χ4v) is 1.70. The lowest BCUT2D eigenvalue weighted by Gasteiger charge is -2.13. The van der Waals surface area contributed by atoms with Gasteiger partial charge in [0, 0.05) is 24.3 Å². The average Bonchev–Trinajstić information content (AvgIpc) is 2.43. The summed E-state index contributed by atoms with van der Waals surface area (Å²) in [6.45, 7) is 2.05. The standard InChI is InChI=1S/C14H15NO4/c1-2-18-13(14(16)17)9-19-11-6-5-10-4-3-7-15-12(10)8-11/h3-8,13H,2,9H2,1H3,(H,16,17). The fraction of sp³-hybridized carbons (Fsp3) is 0.286. The molecule has 1 unspecified atom stereocenters. The molecule has 0 saturated carbocycles. The summed E-state index contributed by atoms with van der Waals surface area (Å²) in [6.07, 6.45) is 0.747. The van der Waals surface area contributed by atoms with Crippen LogP contribution in [0, 0.1) is 0 Å². The van der Waals surface area contributed by atoms with E-state index >= 15 is 0 Å². The molecule has 0 amide bonds. The summed E-state index contributed by atoms with van der Waals surface area (Å²) >= 11 is 0. The van der Waals surface area contributed by atoms with Gasteiger partial charge in [0.05, 0.1) is 5.52 Å². The van der Waals surface area contributed by atoms with E-state index in [4.69, 9.17) is 14.6 Å². The quantitative estimate of drug-likeness (QED) is 0.862. The number of hydrogen-bond acceptors (Lipinski definition) is 4. The van der Waals surface area contributed by atoms with Crippen LogP contribution in [0.3, 0.4) is 0 Å². The molecule has 5 nitrogen and oxygen atoms in total. The summed E-state index contributed by atoms with van der Waals surface area (Å²) < 4.78 is 10.5. The predicted molar refractivity (Wildman–Crippen MR) is 70.3 cm³/mol. The Morgan fingerprint density at radius 3 is 3.00 bits per heavy atom. The fourth-order valence-electron chi connectivity index (χ4n) is 1.70. The highest BCUT2D eigenvalue weighted by molar-refractivity contribution is 5.79. The molecule has 0 aliphatic rings. The molecule has 1 heterocycles. The first-order valence-electron chi connectivity index (χ1n) is 6.02. The van der Waals surface area contributed by atoms with Crippen LogP contribution in [0.4, 0.5) is 0 Å². The van der Waals surface area contributed by atoms with E-state index in [0.29, 0.717) is 12.4 Å². The number of rotatable bonds is 6. The number of carboxylic acid groups (broad SMARTS) is 1. The van der Waals surface area contributed by atoms with Gasteiger partial charge in [-0.05, 0) is 25.1 Å². The molecular weight excluding hydrogens is 246 g/mol. The van der Waals surface area contributed by atoms with Gasteiger partial charge in [0.15, 0.2) is 6.10 Å². The molecule has 0 radical (unpaired) electrons. The maximum atomic E-state index is 10.9. The maximum Gasteiger partial charge on any atom is 0.336 e. The highest BCUT2D eigenvalue weighted by Crippen LogP contribution is 2.19. The molecule has 0 spiro atoms. The number of carbonyl (C=O) groups is 1. The van der Waals surface area contributed by atoms with Crippen LogP contribution in [0.15, 0.2) is 36.5 Å². The van der Waals surface area contributed by atoms with Crippen molar-refractivity contribution in [2.75, 3.05) is 13.2 Å². The van der Waals surface area contributed by atoms with Crippen molar-refractivity contribution in [3.8, 4) is 5.75 Å². The minimum absolute atomic E-state index is 0.0263. The Labute approximate surface area is 110 Å². The van der Waals surface area contributed by atoms with Crippen LogP contribution in [-0.4, -0.2) is 35.4 Å². The van der Waals surface area contributed by atoms with Crippen LogP contribution in [-0.2, 0) is 9.53 Å². The van der Waals surface area contributed by atoms with Crippen molar-refractivity contribution in [2.24, 2.45) is 0 Å². The zero-order valence-corrected chi connectivity index (χ0v) is 10.6. The molecule has 0 fully saturated rings. The lowest BCUT2D eigenvalue weighted by atomic mass is 10.2. The number of nitrogens with zero attached hydrogens (tertiary/aromatic N) is 1. The van der Waals surface area contributed by atoms with Crippen LogP contribution < -0.4 is 4.74 Å². The first-order chi connectivity index (χ1) is 9.20. The van der Waals surface area contributed by atoms with Gasteiger partial charge in [-0.3, -0.25) is 4.98 Å². The second-order valence-corrected chi connectivity index (χ2v) is 3.95. The summed E-state index contributed by atoms with van der Waals surface area (Å²) in [4.78, 5) is 15.1. The number of aromatic nitrogens is 1. The van der Waals surface area contributed by atoms with Gasteiger partial charge in [0.25, 0.3) is 0 Å². The number of carboxylic acids is 1. The van der Waals surface area contributed by atoms with Crippen molar-refractivity contribution in [3.05, 3.63) is 36.5 Å². The summed E-state index contributed by atoms with van der Waals surface area (Å²) in [5.41, 5.74) is 0.809. The smallest absolute Gasteiger partial charge is 0.336 e. The van der Waals surface area contributed by atoms with Crippen molar-refractivity contribution in [1.82, 2.24) is 4.98 Å². The Hall–Kier alpha value is -2.14. The summed E-state index contributed by atoms with van der Waals surface area (Å²) in [5.74, 6) is -0.446. The van der Waals surface area contributed by atoms with Gasteiger partial charge in [0.2, 0.25) is 0 Å². The Kier molecular flexibility index (Phi) is 4.30. The van der Waals surface area contributed by atoms with E-state index in [1.165, 1.54) is 0 Å². The molecule has 5 heteroatoms. The number of aliphatic carboxylic acids is 1. The lowest BCUT2D eigenvalue weighted by Crippen LogP contribution is -2.30. The minimum Gasteiger partial charge on any atom is -0.490 e. The second-order valence-electron chi connectivity index (χ2n) is 3.95. The Bertz CT molecular complexity index is 570. The number of benzene rings is 1. The number of fused-ring (bicyclic) bond motifs is 1. The molecule has 1 N–H and O–H groups in total. The van der Waals surface area contributed by atoms with Crippen molar-refractivity contribution in [2.45, 2.75) is 13.0 Å². The molecule has 2 aromatic rings. The van der Waals surface area contributed by atoms with Gasteiger partial charge in [-0.2, -0.15) is 0 Å². The van der Waals surface area contributed by atoms with E-state index in [2.05, 4.69) is 4.98 Å². The molecule has 1 atom stereocenters. The van der Waals surface area contributed by atoms with Crippen LogP contribution in [0.5, 0.6) is 5.75 Å². The molecule has 19 heavy (non-hydrogen) atoms. The molecular formula is C14H15NO4. The molecule has 100 valence electrons. The number of ether oxygens (including phenoxy) is 2. The van der Waals surface area contributed by atoms with Crippen LogP contribution >= 0.6 is 0 Å². The van der Waals surface area contributed by atoms with Crippen molar-refractivity contribution >= 4 is 16.9 Å². The van der Waals surface area contributed by atoms with Crippen LogP contribution in [0.1, 0.15) is 6.92 Å². The van der Waals surface area contributed by atoms with E-state index in [1.54, 1.807) is 25.3 Å². The minimum atomic E-state index is -1.03. The van der Waals surface area contributed by atoms with E-state index < -0.39 is 12.1 Å². The summed E-state index contributed by atoms with van der Waals surface area (Å²) in [6, 6.07) is 9.26. The average molecular weight is 261 g/mol. The highest BCUT2D eigenvalue weighted by atomic mass is 16.5. The van der Waals surface area contributed by atoms with Crippen LogP contribution in [0.25, 0.3) is 10.9 Å². The van der Waals surface area contributed by atoms with E-state index in [0.717, 1.165) is 10.9 Å². The Balaban J connectivity index is 2.06. The third-order valence-corrected chi connectivity index (χ3v) is 2.62. The zero-order valence-electron chi connectivity index (χ0n) is 10.6. The molecule has 0 aliphatic heterocycles. The molecule has 1 aromatic carbocycles. The molecule has 0 bridgehead atoms. The Morgan fingerprint density at radius 2 is 2.26 bits per heavy atom. The largest absolute Gasteiger partial charge is 0.490 e. The first kappa shape index (κ1) is 13.3. The molecule has 0 saturated heterocycles. The van der Waals surface area contributed by atoms with Crippen molar-refractivity contribution in [3.63, 3.8) is 0 Å².